The predicted octanol–water partition coefficient (Wildman–Crippen LogP) is 3.17. The van der Waals surface area contributed by atoms with E-state index in [4.69, 9.17) is 4.98 Å². The van der Waals surface area contributed by atoms with E-state index in [1.54, 1.807) is 0 Å². The van der Waals surface area contributed by atoms with Crippen LogP contribution in [-0.2, 0) is 19.3 Å². The molecule has 0 bridgehead atoms. The Hall–Kier alpha value is -1.70. The van der Waals surface area contributed by atoms with E-state index >= 15 is 0 Å². The lowest BCUT2D eigenvalue weighted by molar-refractivity contribution is 0.874. The lowest BCUT2D eigenvalue weighted by Crippen LogP contribution is -2.03. The zero-order valence-corrected chi connectivity index (χ0v) is 10.3. The third kappa shape index (κ3) is 1.55. The molecule has 0 spiro atoms. The Morgan fingerprint density at radius 1 is 1.06 bits per heavy atom. The van der Waals surface area contributed by atoms with E-state index in [9.17, 15) is 0 Å². The molecule has 0 saturated carbocycles. The molecule has 0 saturated heterocycles. The number of benzene rings is 1. The second-order valence-corrected chi connectivity index (χ2v) is 4.45. The first-order valence-corrected chi connectivity index (χ1v) is 6.30. The molecule has 0 N–H and O–H groups in total. The van der Waals surface area contributed by atoms with Crippen LogP contribution in [0.1, 0.15) is 36.5 Å². The van der Waals surface area contributed by atoms with Gasteiger partial charge in [0.15, 0.2) is 0 Å². The minimum absolute atomic E-state index is 0.905. The van der Waals surface area contributed by atoms with E-state index in [0.717, 1.165) is 25.1 Å². The molecule has 2 heteroatoms. The molecule has 0 amide bonds. The fourth-order valence-corrected chi connectivity index (χ4v) is 2.54. The highest BCUT2D eigenvalue weighted by Gasteiger charge is 2.23. The number of hydrogen-bond donors (Lipinski definition) is 0. The molecule has 1 aliphatic rings. The molecule has 1 aromatic carbocycles. The molecule has 0 aliphatic heterocycles. The Morgan fingerprint density at radius 2 is 1.88 bits per heavy atom. The summed E-state index contributed by atoms with van der Waals surface area (Å²) in [5.74, 6) is 0.970. The van der Waals surface area contributed by atoms with Crippen LogP contribution in [0.25, 0.3) is 11.3 Å². The van der Waals surface area contributed by atoms with Crippen molar-refractivity contribution in [3.63, 3.8) is 0 Å². The summed E-state index contributed by atoms with van der Waals surface area (Å²) in [6.45, 7) is 4.28. The number of aryl methyl sites for hydroxylation is 2. The van der Waals surface area contributed by atoms with Gasteiger partial charge >= 0.3 is 0 Å². The Bertz CT molecular complexity index is 573. The normalized spacial score (nSPS) is 12.4. The van der Waals surface area contributed by atoms with Crippen molar-refractivity contribution in [2.24, 2.45) is 0 Å². The highest BCUT2D eigenvalue weighted by Crippen LogP contribution is 2.36. The predicted molar refractivity (Wildman–Crippen MR) is 69.0 cm³/mol. The van der Waals surface area contributed by atoms with Crippen molar-refractivity contribution in [3.8, 4) is 11.3 Å². The molecule has 2 aromatic rings. The minimum Gasteiger partial charge on any atom is -0.238 e. The van der Waals surface area contributed by atoms with Gasteiger partial charge in [0.1, 0.15) is 5.82 Å². The van der Waals surface area contributed by atoms with Crippen LogP contribution in [-0.4, -0.2) is 9.97 Å². The molecule has 3 rings (SSSR count). The maximum Gasteiger partial charge on any atom is 0.129 e. The smallest absolute Gasteiger partial charge is 0.129 e. The summed E-state index contributed by atoms with van der Waals surface area (Å²) in [6.07, 6.45) is 2.90. The molecule has 2 nitrogen and oxygen atoms in total. The number of rotatable bonds is 2. The van der Waals surface area contributed by atoms with Crippen LogP contribution in [0.3, 0.4) is 0 Å². The second-order valence-electron chi connectivity index (χ2n) is 4.45. The summed E-state index contributed by atoms with van der Waals surface area (Å²) < 4.78 is 0. The Morgan fingerprint density at radius 3 is 2.65 bits per heavy atom. The topological polar surface area (TPSA) is 25.8 Å². The first-order chi connectivity index (χ1) is 8.33. The summed E-state index contributed by atoms with van der Waals surface area (Å²) in [5, 5.41) is 0. The zero-order valence-electron chi connectivity index (χ0n) is 10.3. The van der Waals surface area contributed by atoms with Crippen molar-refractivity contribution in [2.45, 2.75) is 33.1 Å². The average molecular weight is 224 g/mol. The monoisotopic (exact) mass is 224 g/mol. The van der Waals surface area contributed by atoms with Crippen molar-refractivity contribution in [2.75, 3.05) is 0 Å². The first-order valence-electron chi connectivity index (χ1n) is 6.30. The minimum atomic E-state index is 0.905. The van der Waals surface area contributed by atoms with Crippen molar-refractivity contribution in [1.29, 1.82) is 0 Å². The summed E-state index contributed by atoms with van der Waals surface area (Å²) in [6, 6.07) is 8.56. The fraction of sp³-hybridized carbons (Fsp3) is 0.333. The van der Waals surface area contributed by atoms with Crippen LogP contribution in [0, 0.1) is 0 Å². The maximum atomic E-state index is 4.71. The van der Waals surface area contributed by atoms with E-state index in [-0.39, 0.29) is 0 Å². The van der Waals surface area contributed by atoms with E-state index in [0.29, 0.717) is 0 Å². The van der Waals surface area contributed by atoms with Gasteiger partial charge in [-0.1, -0.05) is 38.1 Å². The van der Waals surface area contributed by atoms with E-state index in [1.165, 1.54) is 28.1 Å². The first kappa shape index (κ1) is 10.5. The van der Waals surface area contributed by atoms with Gasteiger partial charge in [0.25, 0.3) is 0 Å². The van der Waals surface area contributed by atoms with Crippen molar-refractivity contribution in [3.05, 3.63) is 46.9 Å². The Balaban J connectivity index is 2.25. The van der Waals surface area contributed by atoms with E-state index in [1.807, 2.05) is 0 Å². The molecule has 1 aromatic heterocycles. The largest absolute Gasteiger partial charge is 0.238 e. The zero-order chi connectivity index (χ0) is 11.8. The lowest BCUT2D eigenvalue weighted by Gasteiger charge is -2.07. The maximum absolute atomic E-state index is 4.71. The summed E-state index contributed by atoms with van der Waals surface area (Å²) in [5.41, 5.74) is 6.42. The summed E-state index contributed by atoms with van der Waals surface area (Å²) in [4.78, 5) is 9.36. The second kappa shape index (κ2) is 3.95. The van der Waals surface area contributed by atoms with Crippen LogP contribution in [0.2, 0.25) is 0 Å². The SMILES string of the molecule is CCc1nc(CC)c2c(n1)-c1ccccc1C2. The molecule has 1 heterocycles. The molecule has 17 heavy (non-hydrogen) atoms. The molecule has 86 valence electrons. The van der Waals surface area contributed by atoms with Gasteiger partial charge in [0, 0.05) is 29.7 Å². The lowest BCUT2D eigenvalue weighted by atomic mass is 10.1. The van der Waals surface area contributed by atoms with Gasteiger partial charge in [0.2, 0.25) is 0 Å². The van der Waals surface area contributed by atoms with Crippen molar-refractivity contribution in [1.82, 2.24) is 9.97 Å². The van der Waals surface area contributed by atoms with Gasteiger partial charge in [-0.05, 0) is 12.0 Å². The number of fused-ring (bicyclic) bond motifs is 3. The van der Waals surface area contributed by atoms with Crippen LogP contribution in [0.5, 0.6) is 0 Å². The van der Waals surface area contributed by atoms with Gasteiger partial charge in [-0.2, -0.15) is 0 Å². The average Bonchev–Trinajstić information content (AvgIpc) is 2.76. The van der Waals surface area contributed by atoms with E-state index in [2.05, 4.69) is 43.1 Å². The van der Waals surface area contributed by atoms with Gasteiger partial charge in [-0.3, -0.25) is 0 Å². The molecule has 0 fully saturated rings. The van der Waals surface area contributed by atoms with Crippen LogP contribution < -0.4 is 0 Å². The van der Waals surface area contributed by atoms with Crippen LogP contribution in [0.4, 0.5) is 0 Å². The number of hydrogen-bond acceptors (Lipinski definition) is 2. The highest BCUT2D eigenvalue weighted by molar-refractivity contribution is 5.74. The summed E-state index contributed by atoms with van der Waals surface area (Å²) >= 11 is 0. The third-order valence-corrected chi connectivity index (χ3v) is 3.43. The van der Waals surface area contributed by atoms with Crippen LogP contribution in [0.15, 0.2) is 24.3 Å². The Kier molecular flexibility index (Phi) is 2.43. The van der Waals surface area contributed by atoms with Gasteiger partial charge in [0.05, 0.1) is 5.69 Å². The van der Waals surface area contributed by atoms with Gasteiger partial charge < -0.3 is 0 Å². The van der Waals surface area contributed by atoms with Gasteiger partial charge in [-0.15, -0.1) is 0 Å². The number of nitrogens with zero attached hydrogens (tertiary/aromatic N) is 2. The Labute approximate surface area is 102 Å². The van der Waals surface area contributed by atoms with Crippen molar-refractivity contribution < 1.29 is 0 Å². The van der Waals surface area contributed by atoms with Gasteiger partial charge in [-0.25, -0.2) is 9.97 Å². The molecule has 0 unspecified atom stereocenters. The molecule has 0 atom stereocenters. The quantitative estimate of drug-likeness (QED) is 0.668. The molecular weight excluding hydrogens is 208 g/mol. The van der Waals surface area contributed by atoms with Crippen LogP contribution >= 0.6 is 0 Å². The molecule has 1 aliphatic carbocycles. The molecule has 0 radical (unpaired) electrons. The highest BCUT2D eigenvalue weighted by atomic mass is 14.9. The summed E-state index contributed by atoms with van der Waals surface area (Å²) in [7, 11) is 0. The van der Waals surface area contributed by atoms with E-state index < -0.39 is 0 Å². The number of aromatic nitrogens is 2. The standard InChI is InChI=1S/C15H16N2/c1-3-13-12-9-10-7-5-6-8-11(10)15(12)17-14(4-2)16-13/h5-8H,3-4,9H2,1-2H3. The molecular formula is C15H16N2. The fourth-order valence-electron chi connectivity index (χ4n) is 2.54. The van der Waals surface area contributed by atoms with Crippen molar-refractivity contribution >= 4 is 0 Å². The third-order valence-electron chi connectivity index (χ3n) is 3.43.